The Morgan fingerprint density at radius 2 is 1.60 bits per heavy atom. The van der Waals surface area contributed by atoms with Gasteiger partial charge in [0.15, 0.2) is 0 Å². The molecule has 1 rings (SSSR count). The van der Waals surface area contributed by atoms with Crippen molar-refractivity contribution in [2.45, 2.75) is 53.8 Å². The molecule has 0 radical (unpaired) electrons. The van der Waals surface area contributed by atoms with E-state index in [0.29, 0.717) is 5.57 Å². The minimum Gasteiger partial charge on any atom is -0.287 e. The van der Waals surface area contributed by atoms with Crippen molar-refractivity contribution in [3.63, 3.8) is 0 Å². The number of carbonyl (C=O) groups is 1. The predicted molar refractivity (Wildman–Crippen MR) is 67.5 cm³/mol. The van der Waals surface area contributed by atoms with Crippen molar-refractivity contribution >= 4 is 5.97 Å². The van der Waals surface area contributed by atoms with Gasteiger partial charge in [-0.25, -0.2) is 4.79 Å². The van der Waals surface area contributed by atoms with Crippen molar-refractivity contribution < 1.29 is 27.7 Å². The first kappa shape index (κ1) is 17.0. The number of halogens is 3. The Morgan fingerprint density at radius 3 is 1.90 bits per heavy atom. The van der Waals surface area contributed by atoms with Gasteiger partial charge in [-0.15, -0.1) is 0 Å². The van der Waals surface area contributed by atoms with Gasteiger partial charge in [0.05, 0.1) is 0 Å². The molecule has 0 aliphatic heterocycles. The van der Waals surface area contributed by atoms with Crippen LogP contribution in [-0.4, -0.2) is 18.2 Å². The van der Waals surface area contributed by atoms with Crippen LogP contribution in [0.5, 0.6) is 0 Å². The molecule has 0 aromatic carbocycles. The highest BCUT2D eigenvalue weighted by atomic mass is 19.4. The molecule has 0 aromatic heterocycles. The molecule has 1 atom stereocenters. The summed E-state index contributed by atoms with van der Waals surface area (Å²) in [6, 6.07) is 0. The van der Waals surface area contributed by atoms with E-state index in [2.05, 4.69) is 11.5 Å². The maximum atomic E-state index is 12.1. The molecule has 1 saturated carbocycles. The van der Waals surface area contributed by atoms with Crippen LogP contribution in [0.1, 0.15) is 41.5 Å². The first-order valence-corrected chi connectivity index (χ1v) is 6.31. The van der Waals surface area contributed by atoms with E-state index in [0.717, 1.165) is 0 Å². The Hall–Kier alpha value is -1.04. The minimum absolute atomic E-state index is 0.299. The highest BCUT2D eigenvalue weighted by molar-refractivity contribution is 5.74. The summed E-state index contributed by atoms with van der Waals surface area (Å²) in [5.74, 6) is -2.36. The number of carbonyl (C=O) groups excluding carboxylic acids is 1. The second-order valence-corrected chi connectivity index (χ2v) is 6.84. The molecule has 1 aliphatic rings. The van der Waals surface area contributed by atoms with Crippen LogP contribution in [0, 0.1) is 16.2 Å². The summed E-state index contributed by atoms with van der Waals surface area (Å²) in [4.78, 5) is 19.5. The van der Waals surface area contributed by atoms with E-state index in [4.69, 9.17) is 4.89 Å². The molecule has 0 spiro atoms. The van der Waals surface area contributed by atoms with Crippen molar-refractivity contribution in [3.8, 4) is 0 Å². The fourth-order valence-corrected chi connectivity index (χ4v) is 2.62. The van der Waals surface area contributed by atoms with Gasteiger partial charge in [-0.2, -0.15) is 18.1 Å². The average molecular weight is 294 g/mol. The molecule has 20 heavy (non-hydrogen) atoms. The summed E-state index contributed by atoms with van der Waals surface area (Å²) >= 11 is 0. The lowest BCUT2D eigenvalue weighted by Crippen LogP contribution is -2.41. The van der Waals surface area contributed by atoms with Crippen molar-refractivity contribution in [2.75, 3.05) is 0 Å². The normalized spacial score (nSPS) is 27.4. The van der Waals surface area contributed by atoms with E-state index in [1.807, 2.05) is 41.5 Å². The van der Waals surface area contributed by atoms with Crippen LogP contribution in [0.3, 0.4) is 0 Å². The molecule has 0 bridgehead atoms. The van der Waals surface area contributed by atoms with Crippen LogP contribution < -0.4 is 0 Å². The molecule has 0 heterocycles. The highest BCUT2D eigenvalue weighted by Gasteiger charge is 2.62. The number of alkyl halides is 3. The molecule has 116 valence electrons. The third kappa shape index (κ3) is 2.24. The summed E-state index contributed by atoms with van der Waals surface area (Å²) in [7, 11) is 0. The lowest BCUT2D eigenvalue weighted by Gasteiger charge is -2.44. The van der Waals surface area contributed by atoms with E-state index in [1.165, 1.54) is 0 Å². The summed E-state index contributed by atoms with van der Waals surface area (Å²) in [5, 5.41) is 0. The molecule has 1 aliphatic carbocycles. The molecule has 6 heteroatoms. The molecular formula is C14H21F3O3. The van der Waals surface area contributed by atoms with Gasteiger partial charge in [0.25, 0.3) is 0 Å². The Labute approximate surface area is 117 Å². The fourth-order valence-electron chi connectivity index (χ4n) is 2.62. The monoisotopic (exact) mass is 294 g/mol. The zero-order chi connectivity index (χ0) is 16.1. The third-order valence-electron chi connectivity index (χ3n) is 5.40. The lowest BCUT2D eigenvalue weighted by atomic mass is 9.60. The zero-order valence-corrected chi connectivity index (χ0v) is 12.6. The Kier molecular flexibility index (Phi) is 3.81. The highest BCUT2D eigenvalue weighted by Crippen LogP contribution is 2.65. The third-order valence-corrected chi connectivity index (χ3v) is 5.40. The maximum Gasteiger partial charge on any atom is 0.494 e. The second-order valence-electron chi connectivity index (χ2n) is 6.84. The molecule has 3 nitrogen and oxygen atoms in total. The van der Waals surface area contributed by atoms with Gasteiger partial charge in [-0.3, -0.25) is 4.89 Å². The van der Waals surface area contributed by atoms with Crippen LogP contribution in [0.15, 0.2) is 12.2 Å². The molecule has 0 amide bonds. The predicted octanol–water partition coefficient (Wildman–Crippen LogP) is 4.04. The van der Waals surface area contributed by atoms with Gasteiger partial charge < -0.3 is 0 Å². The summed E-state index contributed by atoms with van der Waals surface area (Å²) in [6.45, 7) is 15.5. The van der Waals surface area contributed by atoms with E-state index in [1.54, 1.807) is 0 Å². The van der Waals surface area contributed by atoms with Gasteiger partial charge in [0.2, 0.25) is 0 Å². The second kappa shape index (κ2) is 4.48. The van der Waals surface area contributed by atoms with Gasteiger partial charge in [-0.05, 0) is 16.4 Å². The first-order chi connectivity index (χ1) is 8.67. The SMILES string of the molecule is C=C1C(OOC(=O)C(F)(F)F)C(C)(C)C(C)(C)C1(C)C. The van der Waals surface area contributed by atoms with Crippen molar-refractivity contribution in [1.29, 1.82) is 0 Å². The Balaban J connectivity index is 2.98. The Bertz CT molecular complexity index is 433. The van der Waals surface area contributed by atoms with Crippen molar-refractivity contribution in [3.05, 3.63) is 12.2 Å². The van der Waals surface area contributed by atoms with Crippen LogP contribution in [-0.2, 0) is 14.6 Å². The topological polar surface area (TPSA) is 35.5 Å². The molecule has 1 fully saturated rings. The van der Waals surface area contributed by atoms with Crippen LogP contribution in [0.25, 0.3) is 0 Å². The molecule has 0 aromatic rings. The van der Waals surface area contributed by atoms with Crippen molar-refractivity contribution in [1.82, 2.24) is 0 Å². The van der Waals surface area contributed by atoms with Gasteiger partial charge >= 0.3 is 12.1 Å². The maximum absolute atomic E-state index is 12.1. The average Bonchev–Trinajstić information content (AvgIpc) is 2.33. The number of hydrogen-bond acceptors (Lipinski definition) is 3. The number of rotatable bonds is 2. The van der Waals surface area contributed by atoms with E-state index in [-0.39, 0.29) is 10.8 Å². The molecular weight excluding hydrogens is 273 g/mol. The lowest BCUT2D eigenvalue weighted by molar-refractivity contribution is -0.328. The largest absolute Gasteiger partial charge is 0.494 e. The Morgan fingerprint density at radius 1 is 1.15 bits per heavy atom. The molecule has 0 saturated heterocycles. The summed E-state index contributed by atoms with van der Waals surface area (Å²) in [6.07, 6.45) is -5.87. The van der Waals surface area contributed by atoms with Crippen LogP contribution in [0.2, 0.25) is 0 Å². The van der Waals surface area contributed by atoms with Crippen LogP contribution >= 0.6 is 0 Å². The summed E-state index contributed by atoms with van der Waals surface area (Å²) < 4.78 is 36.4. The van der Waals surface area contributed by atoms with Gasteiger partial charge in [-0.1, -0.05) is 48.1 Å². The van der Waals surface area contributed by atoms with Gasteiger partial charge in [0, 0.05) is 5.41 Å². The van der Waals surface area contributed by atoms with E-state index in [9.17, 15) is 18.0 Å². The molecule has 1 unspecified atom stereocenters. The van der Waals surface area contributed by atoms with Gasteiger partial charge in [0.1, 0.15) is 6.10 Å². The fraction of sp³-hybridized carbons (Fsp3) is 0.786. The minimum atomic E-state index is -5.07. The van der Waals surface area contributed by atoms with Crippen molar-refractivity contribution in [2.24, 2.45) is 16.2 Å². The van der Waals surface area contributed by atoms with Crippen LogP contribution in [0.4, 0.5) is 13.2 Å². The standard InChI is InChI=1S/C14H21F3O3/c1-8-9(19-20-10(18)14(15,16)17)12(4,5)13(6,7)11(8,2)3/h9H,1H2,2-7H3. The quantitative estimate of drug-likeness (QED) is 0.438. The first-order valence-electron chi connectivity index (χ1n) is 6.31. The zero-order valence-electron chi connectivity index (χ0n) is 12.6. The smallest absolute Gasteiger partial charge is 0.287 e. The van der Waals surface area contributed by atoms with E-state index >= 15 is 0 Å². The molecule has 0 N–H and O–H groups in total. The summed E-state index contributed by atoms with van der Waals surface area (Å²) in [5.41, 5.74) is -0.597. The number of hydrogen-bond donors (Lipinski definition) is 0. The van der Waals surface area contributed by atoms with E-state index < -0.39 is 23.7 Å².